The number of carbonyl (C=O) groups is 1. The van der Waals surface area contributed by atoms with Gasteiger partial charge in [0.25, 0.3) is 5.91 Å². The number of halogens is 2. The molecule has 0 saturated heterocycles. The average molecular weight is 321 g/mol. The monoisotopic (exact) mass is 319 g/mol. The van der Waals surface area contributed by atoms with Crippen molar-refractivity contribution in [2.75, 3.05) is 12.0 Å². The molecule has 5 heteroatoms. The average Bonchev–Trinajstić information content (AvgIpc) is 2.61. The molecule has 1 N–H and O–H groups in total. The summed E-state index contributed by atoms with van der Waals surface area (Å²) in [5, 5.41) is 2.76. The van der Waals surface area contributed by atoms with Gasteiger partial charge in [0.2, 0.25) is 0 Å². The second kappa shape index (κ2) is 4.98. The van der Waals surface area contributed by atoms with Gasteiger partial charge in [-0.15, -0.1) is 11.6 Å². The molecule has 0 fully saturated rings. The first-order chi connectivity index (χ1) is 7.63. The van der Waals surface area contributed by atoms with Gasteiger partial charge in [0.05, 0.1) is 5.38 Å². The quantitative estimate of drug-likeness (QED) is 0.866. The van der Waals surface area contributed by atoms with Crippen molar-refractivity contribution < 1.29 is 4.79 Å². The first-order valence-corrected chi connectivity index (χ1v) is 7.49. The van der Waals surface area contributed by atoms with Crippen LogP contribution in [0.3, 0.4) is 0 Å². The summed E-state index contributed by atoms with van der Waals surface area (Å²) in [6.45, 7) is 0.602. The summed E-state index contributed by atoms with van der Waals surface area (Å²) in [7, 11) is 0. The van der Waals surface area contributed by atoms with Crippen LogP contribution in [-0.2, 0) is 6.54 Å². The Morgan fingerprint density at radius 1 is 1.62 bits per heavy atom. The van der Waals surface area contributed by atoms with Gasteiger partial charge in [0.1, 0.15) is 0 Å². The molecule has 1 aliphatic heterocycles. The number of alkyl halides is 1. The molecule has 1 aromatic rings. The van der Waals surface area contributed by atoms with Crippen molar-refractivity contribution in [1.82, 2.24) is 5.32 Å². The first-order valence-electron chi connectivity index (χ1n) is 4.87. The number of amides is 1. The molecule has 0 radical (unpaired) electrons. The Bertz CT molecular complexity index is 438. The van der Waals surface area contributed by atoms with Crippen LogP contribution in [0.2, 0.25) is 0 Å². The molecular weight excluding hydrogens is 310 g/mol. The zero-order chi connectivity index (χ0) is 11.7. The normalized spacial score (nSPS) is 15.8. The van der Waals surface area contributed by atoms with Crippen LogP contribution in [-0.4, -0.2) is 17.9 Å². The lowest BCUT2D eigenvalue weighted by molar-refractivity contribution is 0.0965. The lowest BCUT2D eigenvalue weighted by Gasteiger charge is -2.10. The summed E-state index contributed by atoms with van der Waals surface area (Å²) in [6.07, 6.45) is 2.02. The van der Waals surface area contributed by atoms with Gasteiger partial charge in [-0.25, -0.2) is 0 Å². The molecule has 0 spiro atoms. The maximum absolute atomic E-state index is 11.6. The minimum Gasteiger partial charge on any atom is -0.348 e. The third-order valence-electron chi connectivity index (χ3n) is 2.56. The standard InChI is InChI=1S/C11H11BrClNOS/c1-16-5-10(13)6-2-7-8(9(12)3-6)4-14-11(7)15/h2-3,10H,4-5H2,1H3,(H,14,15). The van der Waals surface area contributed by atoms with Crippen LogP contribution >= 0.6 is 39.3 Å². The number of fused-ring (bicyclic) bond motifs is 1. The first kappa shape index (κ1) is 12.3. The topological polar surface area (TPSA) is 29.1 Å². The number of hydrogen-bond donors (Lipinski definition) is 1. The van der Waals surface area contributed by atoms with E-state index in [0.717, 1.165) is 26.9 Å². The van der Waals surface area contributed by atoms with Gasteiger partial charge in [0, 0.05) is 22.3 Å². The molecule has 1 aliphatic rings. The molecule has 1 aromatic carbocycles. The van der Waals surface area contributed by atoms with Crippen molar-refractivity contribution in [1.29, 1.82) is 0 Å². The Morgan fingerprint density at radius 3 is 3.06 bits per heavy atom. The van der Waals surface area contributed by atoms with E-state index >= 15 is 0 Å². The van der Waals surface area contributed by atoms with Gasteiger partial charge >= 0.3 is 0 Å². The predicted octanol–water partition coefficient (Wildman–Crippen LogP) is 3.34. The summed E-state index contributed by atoms with van der Waals surface area (Å²) in [5.74, 6) is 0.833. The van der Waals surface area contributed by atoms with E-state index in [2.05, 4.69) is 21.2 Å². The Kier molecular flexibility index (Phi) is 3.82. The molecule has 2 rings (SSSR count). The Balaban J connectivity index is 2.40. The second-order valence-corrected chi connectivity index (χ2v) is 5.93. The van der Waals surface area contributed by atoms with Crippen LogP contribution < -0.4 is 5.32 Å². The van der Waals surface area contributed by atoms with Crippen molar-refractivity contribution >= 4 is 45.2 Å². The summed E-state index contributed by atoms with van der Waals surface area (Å²) in [6, 6.07) is 3.91. The third-order valence-corrected chi connectivity index (χ3v) is 4.53. The summed E-state index contributed by atoms with van der Waals surface area (Å²) < 4.78 is 0.963. The Morgan fingerprint density at radius 2 is 2.38 bits per heavy atom. The number of nitrogens with one attached hydrogen (secondary N) is 1. The van der Waals surface area contributed by atoms with E-state index in [9.17, 15) is 4.79 Å². The zero-order valence-corrected chi connectivity index (χ0v) is 11.9. The van der Waals surface area contributed by atoms with Gasteiger partial charge in [-0.2, -0.15) is 11.8 Å². The van der Waals surface area contributed by atoms with Gasteiger partial charge in [-0.1, -0.05) is 15.9 Å². The van der Waals surface area contributed by atoms with Crippen LogP contribution in [0.1, 0.15) is 26.9 Å². The Hall–Kier alpha value is -0.190. The fourth-order valence-corrected chi connectivity index (χ4v) is 3.33. The van der Waals surface area contributed by atoms with Crippen molar-refractivity contribution in [2.45, 2.75) is 11.9 Å². The molecule has 86 valence electrons. The molecule has 1 heterocycles. The van der Waals surface area contributed by atoms with Gasteiger partial charge in [-0.05, 0) is 29.5 Å². The number of hydrogen-bond acceptors (Lipinski definition) is 2. The van der Waals surface area contributed by atoms with Crippen LogP contribution in [0.25, 0.3) is 0 Å². The van der Waals surface area contributed by atoms with E-state index in [0.29, 0.717) is 6.54 Å². The summed E-state index contributed by atoms with van der Waals surface area (Å²) in [5.41, 5.74) is 2.77. The zero-order valence-electron chi connectivity index (χ0n) is 8.72. The number of carbonyl (C=O) groups excluding carboxylic acids is 1. The van der Waals surface area contributed by atoms with E-state index in [1.165, 1.54) is 0 Å². The van der Waals surface area contributed by atoms with E-state index in [1.54, 1.807) is 11.8 Å². The highest BCUT2D eigenvalue weighted by Crippen LogP contribution is 2.32. The fourth-order valence-electron chi connectivity index (χ4n) is 1.73. The van der Waals surface area contributed by atoms with E-state index < -0.39 is 0 Å². The van der Waals surface area contributed by atoms with Crippen LogP contribution in [0.15, 0.2) is 16.6 Å². The minimum atomic E-state index is -0.0509. The highest BCUT2D eigenvalue weighted by molar-refractivity contribution is 9.10. The lowest BCUT2D eigenvalue weighted by atomic mass is 10.0. The van der Waals surface area contributed by atoms with E-state index in [1.807, 2.05) is 18.4 Å². The molecule has 16 heavy (non-hydrogen) atoms. The third kappa shape index (κ3) is 2.24. The van der Waals surface area contributed by atoms with Crippen LogP contribution in [0.4, 0.5) is 0 Å². The van der Waals surface area contributed by atoms with Crippen LogP contribution in [0.5, 0.6) is 0 Å². The van der Waals surface area contributed by atoms with Gasteiger partial charge < -0.3 is 5.32 Å². The van der Waals surface area contributed by atoms with Crippen LogP contribution in [0, 0.1) is 0 Å². The van der Waals surface area contributed by atoms with Crippen molar-refractivity contribution in [3.05, 3.63) is 33.3 Å². The second-order valence-electron chi connectivity index (χ2n) is 3.63. The van der Waals surface area contributed by atoms with Crippen molar-refractivity contribution in [3.63, 3.8) is 0 Å². The van der Waals surface area contributed by atoms with Crippen molar-refractivity contribution in [3.8, 4) is 0 Å². The Labute approximate surface area is 112 Å². The minimum absolute atomic E-state index is 0.00873. The van der Waals surface area contributed by atoms with E-state index in [4.69, 9.17) is 11.6 Å². The van der Waals surface area contributed by atoms with Gasteiger partial charge in [-0.3, -0.25) is 4.79 Å². The highest BCUT2D eigenvalue weighted by atomic mass is 79.9. The molecule has 0 aliphatic carbocycles. The molecule has 0 aromatic heterocycles. The number of thioether (sulfide) groups is 1. The molecule has 1 amide bonds. The molecule has 0 saturated carbocycles. The maximum Gasteiger partial charge on any atom is 0.251 e. The fraction of sp³-hybridized carbons (Fsp3) is 0.364. The highest BCUT2D eigenvalue weighted by Gasteiger charge is 2.23. The SMILES string of the molecule is CSCC(Cl)c1cc(Br)c2c(c1)C(=O)NC2. The molecule has 1 atom stereocenters. The smallest absolute Gasteiger partial charge is 0.251 e. The molecule has 2 nitrogen and oxygen atoms in total. The largest absolute Gasteiger partial charge is 0.348 e. The maximum atomic E-state index is 11.6. The van der Waals surface area contributed by atoms with Crippen molar-refractivity contribution in [2.24, 2.45) is 0 Å². The summed E-state index contributed by atoms with van der Waals surface area (Å²) in [4.78, 5) is 11.6. The molecule has 0 bridgehead atoms. The number of benzene rings is 1. The molecule has 1 unspecified atom stereocenters. The predicted molar refractivity (Wildman–Crippen MR) is 72.3 cm³/mol. The molecular formula is C11H11BrClNOS. The lowest BCUT2D eigenvalue weighted by Crippen LogP contribution is -2.12. The number of rotatable bonds is 3. The van der Waals surface area contributed by atoms with E-state index in [-0.39, 0.29) is 11.3 Å². The van der Waals surface area contributed by atoms with Gasteiger partial charge in [0.15, 0.2) is 0 Å². The summed E-state index contributed by atoms with van der Waals surface area (Å²) >= 11 is 11.4.